The fraction of sp³-hybridized carbons (Fsp3) is 0.500. The molecule has 0 fully saturated rings. The van der Waals surface area contributed by atoms with Crippen LogP contribution >= 0.6 is 23.2 Å². The van der Waals surface area contributed by atoms with Crippen molar-refractivity contribution in [3.63, 3.8) is 0 Å². The van der Waals surface area contributed by atoms with E-state index in [0.29, 0.717) is 31.3 Å². The number of carbonyl (C=O) groups is 1. The summed E-state index contributed by atoms with van der Waals surface area (Å²) in [4.78, 5) is 12.9. The maximum absolute atomic E-state index is 10.9. The number of rotatable bonds is 8. The third-order valence-corrected chi connectivity index (χ3v) is 3.50. The third kappa shape index (κ3) is 4.85. The van der Waals surface area contributed by atoms with Gasteiger partial charge in [0.05, 0.1) is 0 Å². The van der Waals surface area contributed by atoms with Gasteiger partial charge >= 0.3 is 5.97 Å². The van der Waals surface area contributed by atoms with Crippen molar-refractivity contribution in [3.05, 3.63) is 29.3 Å². The van der Waals surface area contributed by atoms with Crippen LogP contribution in [0.25, 0.3) is 0 Å². The minimum atomic E-state index is -0.992. The first kappa shape index (κ1) is 17.1. The SMILES string of the molecule is Cc1ccc(N(CCCl)CCCl)cc1CC(N)C(=O)O. The summed E-state index contributed by atoms with van der Waals surface area (Å²) in [6, 6.07) is 5.04. The molecule has 0 aromatic heterocycles. The summed E-state index contributed by atoms with van der Waals surface area (Å²) in [6.07, 6.45) is 0.310. The quantitative estimate of drug-likeness (QED) is 0.721. The van der Waals surface area contributed by atoms with Crippen molar-refractivity contribution in [3.8, 4) is 0 Å². The van der Waals surface area contributed by atoms with Gasteiger partial charge in [0.1, 0.15) is 6.04 Å². The normalized spacial score (nSPS) is 12.2. The van der Waals surface area contributed by atoms with Crippen LogP contribution in [0.15, 0.2) is 18.2 Å². The first-order valence-electron chi connectivity index (χ1n) is 6.44. The summed E-state index contributed by atoms with van der Waals surface area (Å²) in [5, 5.41) is 8.91. The van der Waals surface area contributed by atoms with Gasteiger partial charge in [-0.2, -0.15) is 0 Å². The number of aliphatic carboxylic acids is 1. The second kappa shape index (κ2) is 8.35. The minimum absolute atomic E-state index is 0.310. The lowest BCUT2D eigenvalue weighted by molar-refractivity contribution is -0.138. The summed E-state index contributed by atoms with van der Waals surface area (Å²) in [5.41, 5.74) is 8.56. The molecule has 0 amide bonds. The smallest absolute Gasteiger partial charge is 0.320 e. The van der Waals surface area contributed by atoms with Crippen molar-refractivity contribution >= 4 is 34.9 Å². The van der Waals surface area contributed by atoms with Gasteiger partial charge in [-0.1, -0.05) is 6.07 Å². The molecule has 0 aliphatic carbocycles. The highest BCUT2D eigenvalue weighted by atomic mass is 35.5. The molecule has 20 heavy (non-hydrogen) atoms. The van der Waals surface area contributed by atoms with Gasteiger partial charge in [0.15, 0.2) is 0 Å². The number of aryl methyl sites for hydroxylation is 1. The molecular weight excluding hydrogens is 299 g/mol. The van der Waals surface area contributed by atoms with E-state index in [9.17, 15) is 4.79 Å². The van der Waals surface area contributed by atoms with E-state index in [4.69, 9.17) is 34.0 Å². The van der Waals surface area contributed by atoms with Gasteiger partial charge in [-0.3, -0.25) is 4.79 Å². The molecule has 0 radical (unpaired) electrons. The maximum atomic E-state index is 10.9. The average Bonchev–Trinajstić information content (AvgIpc) is 2.41. The molecule has 1 atom stereocenters. The second-order valence-electron chi connectivity index (χ2n) is 4.62. The largest absolute Gasteiger partial charge is 0.480 e. The van der Waals surface area contributed by atoms with Crippen molar-refractivity contribution < 1.29 is 9.90 Å². The van der Waals surface area contributed by atoms with Crippen LogP contribution in [0.4, 0.5) is 5.69 Å². The molecule has 0 aliphatic rings. The Bertz CT molecular complexity index is 449. The Kier molecular flexibility index (Phi) is 7.13. The summed E-state index contributed by atoms with van der Waals surface area (Å²) in [6.45, 7) is 3.34. The molecule has 0 saturated carbocycles. The maximum Gasteiger partial charge on any atom is 0.320 e. The Morgan fingerprint density at radius 3 is 2.45 bits per heavy atom. The van der Waals surface area contributed by atoms with Gasteiger partial charge in [-0.15, -0.1) is 23.2 Å². The zero-order chi connectivity index (χ0) is 15.1. The van der Waals surface area contributed by atoms with Gasteiger partial charge in [0.25, 0.3) is 0 Å². The number of nitrogens with zero attached hydrogens (tertiary/aromatic N) is 1. The molecule has 1 aromatic carbocycles. The number of carboxylic acid groups (broad SMARTS) is 1. The second-order valence-corrected chi connectivity index (χ2v) is 5.38. The number of carboxylic acids is 1. The van der Waals surface area contributed by atoms with E-state index in [1.807, 2.05) is 25.1 Å². The Labute approximate surface area is 129 Å². The molecule has 0 aliphatic heterocycles. The van der Waals surface area contributed by atoms with Crippen LogP contribution in [0, 0.1) is 6.92 Å². The molecule has 6 heteroatoms. The summed E-state index contributed by atoms with van der Waals surface area (Å²) in [5.74, 6) is 0.0249. The van der Waals surface area contributed by atoms with E-state index in [0.717, 1.165) is 16.8 Å². The zero-order valence-electron chi connectivity index (χ0n) is 11.5. The van der Waals surface area contributed by atoms with E-state index >= 15 is 0 Å². The number of halogens is 2. The van der Waals surface area contributed by atoms with Gasteiger partial charge in [0, 0.05) is 30.5 Å². The lowest BCUT2D eigenvalue weighted by Gasteiger charge is -2.24. The van der Waals surface area contributed by atoms with Gasteiger partial charge in [0.2, 0.25) is 0 Å². The Morgan fingerprint density at radius 2 is 1.95 bits per heavy atom. The predicted octanol–water partition coefficient (Wildman–Crippen LogP) is 2.23. The molecule has 0 saturated heterocycles. The van der Waals surface area contributed by atoms with Crippen LogP contribution in [-0.2, 0) is 11.2 Å². The van der Waals surface area contributed by atoms with Crippen LogP contribution in [0.3, 0.4) is 0 Å². The summed E-state index contributed by atoms with van der Waals surface area (Å²) >= 11 is 11.6. The molecule has 0 heterocycles. The molecule has 0 bridgehead atoms. The summed E-state index contributed by atoms with van der Waals surface area (Å²) in [7, 11) is 0. The number of hydrogen-bond donors (Lipinski definition) is 2. The zero-order valence-corrected chi connectivity index (χ0v) is 13.0. The number of hydrogen-bond acceptors (Lipinski definition) is 3. The highest BCUT2D eigenvalue weighted by molar-refractivity contribution is 6.18. The van der Waals surface area contributed by atoms with E-state index in [1.165, 1.54) is 0 Å². The van der Waals surface area contributed by atoms with Gasteiger partial charge < -0.3 is 15.7 Å². The molecule has 1 rings (SSSR count). The Balaban J connectivity index is 2.96. The molecule has 4 nitrogen and oxygen atoms in total. The number of nitrogens with two attached hydrogens (primary N) is 1. The number of anilines is 1. The van der Waals surface area contributed by atoms with Gasteiger partial charge in [-0.05, 0) is 36.6 Å². The summed E-state index contributed by atoms with van der Waals surface area (Å²) < 4.78 is 0. The highest BCUT2D eigenvalue weighted by Gasteiger charge is 2.15. The van der Waals surface area contributed by atoms with E-state index < -0.39 is 12.0 Å². The lowest BCUT2D eigenvalue weighted by Crippen LogP contribution is -2.32. The minimum Gasteiger partial charge on any atom is -0.480 e. The van der Waals surface area contributed by atoms with Crippen LogP contribution in [0.2, 0.25) is 0 Å². The molecule has 0 spiro atoms. The number of alkyl halides is 2. The fourth-order valence-electron chi connectivity index (χ4n) is 1.97. The van der Waals surface area contributed by atoms with E-state index in [2.05, 4.69) is 4.90 Å². The van der Waals surface area contributed by atoms with Crippen molar-refractivity contribution in [2.45, 2.75) is 19.4 Å². The Morgan fingerprint density at radius 1 is 1.35 bits per heavy atom. The van der Waals surface area contributed by atoms with Crippen molar-refractivity contribution in [1.82, 2.24) is 0 Å². The first-order valence-corrected chi connectivity index (χ1v) is 7.51. The van der Waals surface area contributed by atoms with Crippen LogP contribution in [-0.4, -0.2) is 42.0 Å². The lowest BCUT2D eigenvalue weighted by atomic mass is 10.0. The Hall–Kier alpha value is -0.970. The van der Waals surface area contributed by atoms with Crippen molar-refractivity contribution in [2.75, 3.05) is 29.7 Å². The van der Waals surface area contributed by atoms with E-state index in [-0.39, 0.29) is 0 Å². The van der Waals surface area contributed by atoms with Crippen LogP contribution in [0.5, 0.6) is 0 Å². The van der Waals surface area contributed by atoms with Crippen LogP contribution in [0.1, 0.15) is 11.1 Å². The number of benzene rings is 1. The van der Waals surface area contributed by atoms with E-state index in [1.54, 1.807) is 0 Å². The monoisotopic (exact) mass is 318 g/mol. The van der Waals surface area contributed by atoms with Gasteiger partial charge in [-0.25, -0.2) is 0 Å². The topological polar surface area (TPSA) is 66.6 Å². The van der Waals surface area contributed by atoms with Crippen LogP contribution < -0.4 is 10.6 Å². The first-order chi connectivity index (χ1) is 9.49. The molecule has 1 unspecified atom stereocenters. The van der Waals surface area contributed by atoms with Crippen molar-refractivity contribution in [2.24, 2.45) is 5.73 Å². The molecule has 1 aromatic rings. The standard InChI is InChI=1S/C14H20Cl2N2O2/c1-10-2-3-12(18(6-4-15)7-5-16)8-11(10)9-13(17)14(19)20/h2-3,8,13H,4-7,9,17H2,1H3,(H,19,20). The highest BCUT2D eigenvalue weighted by Crippen LogP contribution is 2.20. The predicted molar refractivity (Wildman–Crippen MR) is 84.1 cm³/mol. The molecule has 112 valence electrons. The van der Waals surface area contributed by atoms with Crippen molar-refractivity contribution in [1.29, 1.82) is 0 Å². The molecular formula is C14H20Cl2N2O2. The fourth-order valence-corrected chi connectivity index (χ4v) is 2.38. The molecule has 3 N–H and O–H groups in total. The third-order valence-electron chi connectivity index (χ3n) is 3.16. The average molecular weight is 319 g/mol.